The molecule has 1 aromatic carbocycles. The monoisotopic (exact) mass is 273 g/mol. The Labute approximate surface area is 118 Å². The predicted molar refractivity (Wildman–Crippen MR) is 79.8 cm³/mol. The van der Waals surface area contributed by atoms with Crippen LogP contribution in [0.2, 0.25) is 0 Å². The third-order valence-corrected chi connectivity index (χ3v) is 2.73. The average molecular weight is 273 g/mol. The second kappa shape index (κ2) is 7.35. The Morgan fingerprint density at radius 2 is 2.30 bits per heavy atom. The van der Waals surface area contributed by atoms with Crippen LogP contribution in [0.3, 0.4) is 0 Å². The van der Waals surface area contributed by atoms with Crippen LogP contribution in [0.25, 0.3) is 6.20 Å². The van der Waals surface area contributed by atoms with E-state index in [0.717, 1.165) is 17.0 Å². The quantitative estimate of drug-likeness (QED) is 0.751. The fourth-order valence-electron chi connectivity index (χ4n) is 1.71. The van der Waals surface area contributed by atoms with Gasteiger partial charge in [0.2, 0.25) is 0 Å². The van der Waals surface area contributed by atoms with E-state index in [2.05, 4.69) is 17.0 Å². The van der Waals surface area contributed by atoms with Gasteiger partial charge < -0.3 is 14.8 Å². The molecule has 1 N–H and O–H groups in total. The molecule has 0 spiro atoms. The van der Waals surface area contributed by atoms with Gasteiger partial charge in [-0.05, 0) is 12.1 Å². The molecule has 1 aromatic heterocycles. The van der Waals surface area contributed by atoms with Crippen LogP contribution in [0.5, 0.6) is 5.75 Å². The number of hydrogen-bond acceptors (Lipinski definition) is 4. The Bertz CT molecular complexity index is 552. The van der Waals surface area contributed by atoms with E-state index >= 15 is 0 Å². The first kappa shape index (κ1) is 14.1. The minimum Gasteiger partial charge on any atom is -0.491 e. The zero-order valence-electron chi connectivity index (χ0n) is 11.6. The van der Waals surface area contributed by atoms with Gasteiger partial charge in [-0.25, -0.2) is 4.68 Å². The Morgan fingerprint density at radius 1 is 1.40 bits per heavy atom. The van der Waals surface area contributed by atoms with Gasteiger partial charge in [0.25, 0.3) is 0 Å². The van der Waals surface area contributed by atoms with Gasteiger partial charge in [0.05, 0.1) is 12.8 Å². The van der Waals surface area contributed by atoms with Crippen molar-refractivity contribution in [2.24, 2.45) is 0 Å². The van der Waals surface area contributed by atoms with Crippen molar-refractivity contribution >= 4 is 11.9 Å². The molecule has 20 heavy (non-hydrogen) atoms. The van der Waals surface area contributed by atoms with Gasteiger partial charge in [0.15, 0.2) is 0 Å². The van der Waals surface area contributed by atoms with Crippen LogP contribution in [0.4, 0.5) is 5.69 Å². The fourth-order valence-corrected chi connectivity index (χ4v) is 1.71. The summed E-state index contributed by atoms with van der Waals surface area (Å²) in [6.45, 7) is 5.50. The smallest absolute Gasteiger partial charge is 0.121 e. The number of methoxy groups -OCH3 is 1. The van der Waals surface area contributed by atoms with E-state index in [-0.39, 0.29) is 0 Å². The molecule has 0 saturated heterocycles. The first-order chi connectivity index (χ1) is 9.81. The van der Waals surface area contributed by atoms with Gasteiger partial charge in [0, 0.05) is 43.4 Å². The van der Waals surface area contributed by atoms with Crippen molar-refractivity contribution in [3.05, 3.63) is 48.8 Å². The Hall–Kier alpha value is -2.27. The van der Waals surface area contributed by atoms with Crippen molar-refractivity contribution in [2.75, 3.05) is 25.6 Å². The fraction of sp³-hybridized carbons (Fsp3) is 0.267. The molecule has 0 aliphatic rings. The first-order valence-electron chi connectivity index (χ1n) is 6.43. The van der Waals surface area contributed by atoms with Gasteiger partial charge in [-0.1, -0.05) is 12.6 Å². The first-order valence-corrected chi connectivity index (χ1v) is 6.43. The molecule has 0 bridgehead atoms. The third-order valence-electron chi connectivity index (χ3n) is 2.73. The van der Waals surface area contributed by atoms with E-state index in [1.807, 2.05) is 36.7 Å². The maximum Gasteiger partial charge on any atom is 0.121 e. The molecule has 1 heterocycles. The van der Waals surface area contributed by atoms with E-state index in [4.69, 9.17) is 9.47 Å². The Balaban J connectivity index is 1.88. The lowest BCUT2D eigenvalue weighted by Gasteiger charge is -2.09. The Kier molecular flexibility index (Phi) is 5.20. The van der Waals surface area contributed by atoms with Crippen LogP contribution in [0.15, 0.2) is 43.2 Å². The van der Waals surface area contributed by atoms with Crippen LogP contribution < -0.4 is 10.1 Å². The topological polar surface area (TPSA) is 48.3 Å². The summed E-state index contributed by atoms with van der Waals surface area (Å²) in [6.07, 6.45) is 5.40. The van der Waals surface area contributed by atoms with Crippen molar-refractivity contribution in [1.29, 1.82) is 0 Å². The zero-order valence-corrected chi connectivity index (χ0v) is 11.6. The molecule has 0 amide bonds. The lowest BCUT2D eigenvalue weighted by Crippen LogP contribution is -2.04. The standard InChI is InChI=1S/C15H19N3O2/c1-3-18-12-13(11-17-18)10-16-14-5-4-6-15(9-14)20-8-7-19-2/h3-6,9,11-12,16H,1,7-8,10H2,2H3. The van der Waals surface area contributed by atoms with E-state index < -0.39 is 0 Å². The number of ether oxygens (including phenoxy) is 2. The minimum atomic E-state index is 0.548. The molecule has 2 aromatic rings. The number of anilines is 1. The van der Waals surface area contributed by atoms with Gasteiger partial charge in [-0.2, -0.15) is 5.10 Å². The summed E-state index contributed by atoms with van der Waals surface area (Å²) in [5, 5.41) is 7.46. The highest BCUT2D eigenvalue weighted by atomic mass is 16.5. The van der Waals surface area contributed by atoms with E-state index in [9.17, 15) is 0 Å². The van der Waals surface area contributed by atoms with Gasteiger partial charge >= 0.3 is 0 Å². The van der Waals surface area contributed by atoms with Crippen LogP contribution in [0.1, 0.15) is 5.56 Å². The van der Waals surface area contributed by atoms with Crippen LogP contribution in [-0.4, -0.2) is 30.1 Å². The Morgan fingerprint density at radius 3 is 3.05 bits per heavy atom. The van der Waals surface area contributed by atoms with Crippen molar-refractivity contribution < 1.29 is 9.47 Å². The predicted octanol–water partition coefficient (Wildman–Crippen LogP) is 2.62. The van der Waals surface area contributed by atoms with Crippen molar-refractivity contribution in [2.45, 2.75) is 6.54 Å². The molecule has 106 valence electrons. The van der Waals surface area contributed by atoms with Crippen molar-refractivity contribution in [3.8, 4) is 5.75 Å². The van der Waals surface area contributed by atoms with Gasteiger partial charge in [0.1, 0.15) is 12.4 Å². The maximum absolute atomic E-state index is 5.57. The molecule has 2 rings (SSSR count). The van der Waals surface area contributed by atoms with Crippen LogP contribution >= 0.6 is 0 Å². The minimum absolute atomic E-state index is 0.548. The number of nitrogens with zero attached hydrogens (tertiary/aromatic N) is 2. The summed E-state index contributed by atoms with van der Waals surface area (Å²) in [5.74, 6) is 0.828. The number of aromatic nitrogens is 2. The van der Waals surface area contributed by atoms with Crippen molar-refractivity contribution in [3.63, 3.8) is 0 Å². The molecule has 0 fully saturated rings. The number of nitrogens with one attached hydrogen (secondary N) is 1. The normalized spacial score (nSPS) is 10.2. The second-order valence-electron chi connectivity index (χ2n) is 4.23. The van der Waals surface area contributed by atoms with E-state index in [1.165, 1.54) is 0 Å². The van der Waals surface area contributed by atoms with Crippen LogP contribution in [-0.2, 0) is 11.3 Å². The highest BCUT2D eigenvalue weighted by Crippen LogP contribution is 2.18. The molecule has 5 heteroatoms. The molecule has 0 aliphatic heterocycles. The summed E-state index contributed by atoms with van der Waals surface area (Å²) in [5.41, 5.74) is 2.10. The summed E-state index contributed by atoms with van der Waals surface area (Å²) in [7, 11) is 1.66. The van der Waals surface area contributed by atoms with Crippen molar-refractivity contribution in [1.82, 2.24) is 9.78 Å². The van der Waals surface area contributed by atoms with E-state index in [1.54, 1.807) is 18.0 Å². The number of benzene rings is 1. The highest BCUT2D eigenvalue weighted by Gasteiger charge is 1.99. The lowest BCUT2D eigenvalue weighted by molar-refractivity contribution is 0.146. The van der Waals surface area contributed by atoms with Crippen LogP contribution in [0, 0.1) is 0 Å². The molecular weight excluding hydrogens is 254 g/mol. The number of hydrogen-bond donors (Lipinski definition) is 1. The molecule has 0 radical (unpaired) electrons. The summed E-state index contributed by atoms with van der Waals surface area (Å²) >= 11 is 0. The summed E-state index contributed by atoms with van der Waals surface area (Å²) in [4.78, 5) is 0. The highest BCUT2D eigenvalue weighted by molar-refractivity contribution is 5.48. The molecule has 0 aliphatic carbocycles. The lowest BCUT2D eigenvalue weighted by atomic mass is 10.3. The van der Waals surface area contributed by atoms with Gasteiger partial charge in [-0.15, -0.1) is 0 Å². The van der Waals surface area contributed by atoms with E-state index in [0.29, 0.717) is 19.8 Å². The average Bonchev–Trinajstić information content (AvgIpc) is 2.94. The molecule has 0 unspecified atom stereocenters. The van der Waals surface area contributed by atoms with Gasteiger partial charge in [-0.3, -0.25) is 0 Å². The summed E-state index contributed by atoms with van der Waals surface area (Å²) < 4.78 is 12.2. The second-order valence-corrected chi connectivity index (χ2v) is 4.23. The third kappa shape index (κ3) is 4.13. The number of rotatable bonds is 8. The maximum atomic E-state index is 5.57. The molecule has 0 saturated carbocycles. The molecular formula is C15H19N3O2. The largest absolute Gasteiger partial charge is 0.491 e. The molecule has 5 nitrogen and oxygen atoms in total. The SMILES string of the molecule is C=Cn1cc(CNc2cccc(OCCOC)c2)cn1. The zero-order chi connectivity index (χ0) is 14.2. The summed E-state index contributed by atoms with van der Waals surface area (Å²) in [6, 6.07) is 7.85. The molecule has 0 atom stereocenters.